The zero-order valence-corrected chi connectivity index (χ0v) is 22.7. The van der Waals surface area contributed by atoms with Gasteiger partial charge in [0, 0.05) is 37.3 Å². The highest BCUT2D eigenvalue weighted by molar-refractivity contribution is 5.81. The van der Waals surface area contributed by atoms with E-state index in [4.69, 9.17) is 5.10 Å². The first-order valence-electron chi connectivity index (χ1n) is 13.0. The Kier molecular flexibility index (Phi) is 7.56. The molecule has 4 rings (SSSR count). The molecule has 0 aliphatic carbocycles. The Morgan fingerprint density at radius 1 is 0.722 bits per heavy atom. The van der Waals surface area contributed by atoms with Gasteiger partial charge in [0.1, 0.15) is 5.75 Å². The average Bonchev–Trinajstić information content (AvgIpc) is 2.84. The third-order valence-corrected chi connectivity index (χ3v) is 7.00. The first kappa shape index (κ1) is 26.0. The number of hydrogen-bond donors (Lipinski definition) is 1. The molecular formula is C32H41N3O. The molecular weight excluding hydrogens is 442 g/mol. The van der Waals surface area contributed by atoms with E-state index >= 15 is 0 Å². The highest BCUT2D eigenvalue weighted by Crippen LogP contribution is 2.39. The molecule has 0 spiro atoms. The number of aromatic hydroxyl groups is 1. The number of phenolic OH excluding ortho intramolecular Hbond substituents is 1. The highest BCUT2D eigenvalue weighted by Gasteiger charge is 2.27. The minimum absolute atomic E-state index is 0.149. The summed E-state index contributed by atoms with van der Waals surface area (Å²) in [6, 6.07) is 26.0. The molecule has 1 saturated heterocycles. The molecule has 3 aromatic carbocycles. The van der Waals surface area contributed by atoms with Crippen molar-refractivity contribution < 1.29 is 5.11 Å². The number of hydrogen-bond acceptors (Lipinski definition) is 4. The number of hydrazone groups is 1. The number of phenols is 1. The third kappa shape index (κ3) is 5.99. The standard InChI is InChI=1S/C32H41N3O/c1-31(2,3)27-21-24(22-28(30(27)36)32(4,5)6)23-33-35-19-17-34(18-20-35)29(25-13-9-7-10-14-25)26-15-11-8-12-16-26/h7-16,21-23,29,36H,17-20H2,1-6H3/b33-23-. The Morgan fingerprint density at radius 3 is 1.58 bits per heavy atom. The lowest BCUT2D eigenvalue weighted by molar-refractivity contribution is 0.113. The largest absolute Gasteiger partial charge is 0.507 e. The molecule has 0 bridgehead atoms. The van der Waals surface area contributed by atoms with Crippen LogP contribution in [0.3, 0.4) is 0 Å². The number of nitrogens with zero attached hydrogens (tertiary/aromatic N) is 3. The molecule has 0 radical (unpaired) electrons. The number of piperazine rings is 1. The molecule has 0 atom stereocenters. The molecule has 3 aromatic rings. The smallest absolute Gasteiger partial charge is 0.123 e. The maximum absolute atomic E-state index is 11.0. The van der Waals surface area contributed by atoms with Gasteiger partial charge in [-0.15, -0.1) is 0 Å². The Labute approximate surface area is 217 Å². The van der Waals surface area contributed by atoms with Crippen LogP contribution in [0.2, 0.25) is 0 Å². The van der Waals surface area contributed by atoms with Crippen LogP contribution in [0.5, 0.6) is 5.75 Å². The Morgan fingerprint density at radius 2 is 1.17 bits per heavy atom. The van der Waals surface area contributed by atoms with Crippen LogP contribution in [0.25, 0.3) is 0 Å². The predicted octanol–water partition coefficient (Wildman–Crippen LogP) is 6.73. The normalized spacial score (nSPS) is 15.7. The molecule has 1 heterocycles. The van der Waals surface area contributed by atoms with Gasteiger partial charge < -0.3 is 5.11 Å². The first-order chi connectivity index (χ1) is 17.0. The summed E-state index contributed by atoms with van der Waals surface area (Å²) in [6.07, 6.45) is 1.96. The molecule has 0 unspecified atom stereocenters. The molecule has 0 saturated carbocycles. The summed E-state index contributed by atoms with van der Waals surface area (Å²) < 4.78 is 0. The van der Waals surface area contributed by atoms with E-state index in [9.17, 15) is 5.11 Å². The van der Waals surface area contributed by atoms with E-state index in [0.717, 1.165) is 42.9 Å². The van der Waals surface area contributed by atoms with Crippen LogP contribution in [-0.2, 0) is 10.8 Å². The van der Waals surface area contributed by atoms with Crippen molar-refractivity contribution in [3.63, 3.8) is 0 Å². The zero-order chi connectivity index (χ0) is 25.9. The molecule has 1 aliphatic heterocycles. The monoisotopic (exact) mass is 483 g/mol. The van der Waals surface area contributed by atoms with Gasteiger partial charge in [0.15, 0.2) is 0 Å². The van der Waals surface area contributed by atoms with Crippen LogP contribution in [0.4, 0.5) is 0 Å². The minimum atomic E-state index is -0.149. The van der Waals surface area contributed by atoms with E-state index in [2.05, 4.69) is 124 Å². The summed E-state index contributed by atoms with van der Waals surface area (Å²) in [5, 5.41) is 18.0. The fourth-order valence-corrected chi connectivity index (χ4v) is 4.99. The summed E-state index contributed by atoms with van der Waals surface area (Å²) in [5.74, 6) is 0.411. The lowest BCUT2D eigenvalue weighted by Gasteiger charge is -2.38. The predicted molar refractivity (Wildman–Crippen MR) is 151 cm³/mol. The van der Waals surface area contributed by atoms with Crippen molar-refractivity contribution in [1.82, 2.24) is 9.91 Å². The van der Waals surface area contributed by atoms with Crippen molar-refractivity contribution in [2.24, 2.45) is 5.10 Å². The van der Waals surface area contributed by atoms with Crippen molar-refractivity contribution in [2.45, 2.75) is 58.4 Å². The third-order valence-electron chi connectivity index (χ3n) is 7.00. The van der Waals surface area contributed by atoms with Crippen molar-refractivity contribution in [3.8, 4) is 5.75 Å². The van der Waals surface area contributed by atoms with E-state index < -0.39 is 0 Å². The second-order valence-corrected chi connectivity index (χ2v) is 11.9. The number of rotatable bonds is 5. The minimum Gasteiger partial charge on any atom is -0.507 e. The molecule has 0 amide bonds. The Hall–Kier alpha value is -3.11. The van der Waals surface area contributed by atoms with E-state index in [1.807, 2.05) is 6.21 Å². The molecule has 190 valence electrons. The van der Waals surface area contributed by atoms with Crippen LogP contribution < -0.4 is 0 Å². The fraction of sp³-hybridized carbons (Fsp3) is 0.406. The zero-order valence-electron chi connectivity index (χ0n) is 22.7. The van der Waals surface area contributed by atoms with Crippen LogP contribution in [-0.4, -0.2) is 47.4 Å². The van der Waals surface area contributed by atoms with E-state index in [1.165, 1.54) is 11.1 Å². The van der Waals surface area contributed by atoms with Crippen LogP contribution >= 0.6 is 0 Å². The average molecular weight is 484 g/mol. The van der Waals surface area contributed by atoms with Gasteiger partial charge in [0.25, 0.3) is 0 Å². The molecule has 1 aliphatic rings. The van der Waals surface area contributed by atoms with Gasteiger partial charge >= 0.3 is 0 Å². The maximum Gasteiger partial charge on any atom is 0.123 e. The van der Waals surface area contributed by atoms with Gasteiger partial charge in [-0.25, -0.2) is 0 Å². The summed E-state index contributed by atoms with van der Waals surface area (Å²) in [5.41, 5.74) is 5.33. The fourth-order valence-electron chi connectivity index (χ4n) is 4.99. The van der Waals surface area contributed by atoms with E-state index in [-0.39, 0.29) is 16.9 Å². The summed E-state index contributed by atoms with van der Waals surface area (Å²) in [7, 11) is 0. The van der Waals surface area contributed by atoms with Gasteiger partial charge in [-0.05, 0) is 39.7 Å². The molecule has 1 N–H and O–H groups in total. The quantitative estimate of drug-likeness (QED) is 0.409. The van der Waals surface area contributed by atoms with Crippen molar-refractivity contribution in [3.05, 3.63) is 101 Å². The highest BCUT2D eigenvalue weighted by atomic mass is 16.3. The van der Waals surface area contributed by atoms with Crippen molar-refractivity contribution >= 4 is 6.21 Å². The first-order valence-corrected chi connectivity index (χ1v) is 13.0. The molecule has 1 fully saturated rings. The Balaban J connectivity index is 1.52. The molecule has 0 aromatic heterocycles. The van der Waals surface area contributed by atoms with Gasteiger partial charge in [0.05, 0.1) is 12.3 Å². The van der Waals surface area contributed by atoms with Crippen LogP contribution in [0.1, 0.15) is 75.4 Å². The molecule has 4 nitrogen and oxygen atoms in total. The summed E-state index contributed by atoms with van der Waals surface area (Å²) in [4.78, 5) is 2.56. The Bertz CT molecular complexity index is 1090. The topological polar surface area (TPSA) is 39.1 Å². The number of benzene rings is 3. The van der Waals surface area contributed by atoms with Gasteiger partial charge in [-0.3, -0.25) is 9.91 Å². The van der Waals surface area contributed by atoms with Crippen molar-refractivity contribution in [2.75, 3.05) is 26.2 Å². The second-order valence-electron chi connectivity index (χ2n) is 11.9. The van der Waals surface area contributed by atoms with Gasteiger partial charge in [0.2, 0.25) is 0 Å². The summed E-state index contributed by atoms with van der Waals surface area (Å²) in [6.45, 7) is 16.5. The van der Waals surface area contributed by atoms with E-state index in [0.29, 0.717) is 5.75 Å². The molecule has 4 heteroatoms. The second kappa shape index (κ2) is 10.5. The SMILES string of the molecule is CC(C)(C)c1cc(/C=N\N2CCN(C(c3ccccc3)c3ccccc3)CC2)cc(C(C)(C)C)c1O. The van der Waals surface area contributed by atoms with Gasteiger partial charge in [-0.2, -0.15) is 5.10 Å². The van der Waals surface area contributed by atoms with Crippen LogP contribution in [0.15, 0.2) is 77.9 Å². The van der Waals surface area contributed by atoms with Gasteiger partial charge in [-0.1, -0.05) is 102 Å². The lowest BCUT2D eigenvalue weighted by Crippen LogP contribution is -2.45. The molecule has 36 heavy (non-hydrogen) atoms. The van der Waals surface area contributed by atoms with Crippen molar-refractivity contribution in [1.29, 1.82) is 0 Å². The summed E-state index contributed by atoms with van der Waals surface area (Å²) >= 11 is 0. The van der Waals surface area contributed by atoms with Crippen LogP contribution in [0, 0.1) is 0 Å². The maximum atomic E-state index is 11.0. The van der Waals surface area contributed by atoms with E-state index in [1.54, 1.807) is 0 Å². The lowest BCUT2D eigenvalue weighted by atomic mass is 9.78.